The van der Waals surface area contributed by atoms with Crippen molar-refractivity contribution in [2.45, 2.75) is 44.5 Å². The van der Waals surface area contributed by atoms with Crippen LogP contribution in [0.5, 0.6) is 0 Å². The van der Waals surface area contributed by atoms with Crippen LogP contribution in [-0.2, 0) is 5.75 Å². The largest absolute Gasteiger partial charge is 0.468 e. The molecule has 0 aromatic carbocycles. The number of hydrogen-bond donors (Lipinski definition) is 2. The van der Waals surface area contributed by atoms with Crippen LogP contribution in [-0.4, -0.2) is 29.0 Å². The molecule has 1 unspecified atom stereocenters. The second-order valence-electron chi connectivity index (χ2n) is 4.90. The lowest BCUT2D eigenvalue weighted by Crippen LogP contribution is -2.49. The molecule has 0 radical (unpaired) electrons. The minimum atomic E-state index is -0.176. The highest BCUT2D eigenvalue weighted by atomic mass is 32.2. The maximum absolute atomic E-state index is 9.43. The molecule has 0 aliphatic heterocycles. The topological polar surface area (TPSA) is 45.4 Å². The summed E-state index contributed by atoms with van der Waals surface area (Å²) in [5.41, 5.74) is -0.176. The van der Waals surface area contributed by atoms with Gasteiger partial charge in [0.1, 0.15) is 5.76 Å². The van der Waals surface area contributed by atoms with Gasteiger partial charge in [-0.2, -0.15) is 11.8 Å². The third kappa shape index (κ3) is 5.61. The summed E-state index contributed by atoms with van der Waals surface area (Å²) in [6.07, 6.45) is 2.65. The molecule has 17 heavy (non-hydrogen) atoms. The Kier molecular flexibility index (Phi) is 6.09. The highest BCUT2D eigenvalue weighted by molar-refractivity contribution is 7.98. The first-order valence-corrected chi connectivity index (χ1v) is 7.20. The van der Waals surface area contributed by atoms with Crippen LogP contribution in [0.3, 0.4) is 0 Å². The highest BCUT2D eigenvalue weighted by Gasteiger charge is 2.23. The van der Waals surface area contributed by atoms with Crippen molar-refractivity contribution >= 4 is 11.8 Å². The predicted molar refractivity (Wildman–Crippen MR) is 73.2 cm³/mol. The van der Waals surface area contributed by atoms with E-state index in [1.54, 1.807) is 6.26 Å². The molecule has 0 aliphatic rings. The van der Waals surface area contributed by atoms with Crippen molar-refractivity contribution in [1.82, 2.24) is 5.32 Å². The maximum atomic E-state index is 9.43. The van der Waals surface area contributed by atoms with Gasteiger partial charge < -0.3 is 14.8 Å². The zero-order valence-corrected chi connectivity index (χ0v) is 11.7. The van der Waals surface area contributed by atoms with E-state index in [9.17, 15) is 5.11 Å². The van der Waals surface area contributed by atoms with Gasteiger partial charge >= 0.3 is 0 Å². The van der Waals surface area contributed by atoms with Gasteiger partial charge in [-0.3, -0.25) is 0 Å². The summed E-state index contributed by atoms with van der Waals surface area (Å²) in [5, 5.41) is 12.8. The van der Waals surface area contributed by atoms with E-state index in [1.165, 1.54) is 0 Å². The van der Waals surface area contributed by atoms with Crippen LogP contribution in [0, 0.1) is 0 Å². The van der Waals surface area contributed by atoms with Crippen LogP contribution in [0.1, 0.15) is 33.0 Å². The minimum Gasteiger partial charge on any atom is -0.468 e. The SMILES string of the molecule is CC(C)NC(C)(CO)CCSCc1ccco1. The van der Waals surface area contributed by atoms with Crippen molar-refractivity contribution in [3.8, 4) is 0 Å². The summed E-state index contributed by atoms with van der Waals surface area (Å²) in [5.74, 6) is 2.92. The first kappa shape index (κ1) is 14.6. The molecule has 0 saturated heterocycles. The molecular formula is C13H23NO2S. The van der Waals surface area contributed by atoms with E-state index in [4.69, 9.17) is 4.42 Å². The van der Waals surface area contributed by atoms with E-state index in [2.05, 4.69) is 26.1 Å². The van der Waals surface area contributed by atoms with E-state index < -0.39 is 0 Å². The first-order valence-electron chi connectivity index (χ1n) is 6.04. The molecular weight excluding hydrogens is 234 g/mol. The van der Waals surface area contributed by atoms with Gasteiger partial charge in [0, 0.05) is 11.6 Å². The van der Waals surface area contributed by atoms with Crippen LogP contribution in [0.15, 0.2) is 22.8 Å². The Balaban J connectivity index is 2.23. The summed E-state index contributed by atoms with van der Waals surface area (Å²) in [6.45, 7) is 6.45. The summed E-state index contributed by atoms with van der Waals surface area (Å²) < 4.78 is 5.27. The second kappa shape index (κ2) is 7.09. The van der Waals surface area contributed by atoms with Crippen molar-refractivity contribution in [2.24, 2.45) is 0 Å². The summed E-state index contributed by atoms with van der Waals surface area (Å²) in [4.78, 5) is 0. The number of rotatable bonds is 8. The zero-order valence-electron chi connectivity index (χ0n) is 10.9. The van der Waals surface area contributed by atoms with E-state index in [-0.39, 0.29) is 12.1 Å². The summed E-state index contributed by atoms with van der Waals surface area (Å²) >= 11 is 1.84. The highest BCUT2D eigenvalue weighted by Crippen LogP contribution is 2.18. The molecule has 4 heteroatoms. The summed E-state index contributed by atoms with van der Waals surface area (Å²) in [6, 6.07) is 4.29. The fraction of sp³-hybridized carbons (Fsp3) is 0.692. The number of furan rings is 1. The van der Waals surface area contributed by atoms with Gasteiger partial charge in [0.15, 0.2) is 0 Å². The maximum Gasteiger partial charge on any atom is 0.113 e. The van der Waals surface area contributed by atoms with Crippen molar-refractivity contribution in [3.05, 3.63) is 24.2 Å². The molecule has 0 spiro atoms. The molecule has 3 nitrogen and oxygen atoms in total. The number of nitrogens with one attached hydrogen (secondary N) is 1. The lowest BCUT2D eigenvalue weighted by molar-refractivity contribution is 0.162. The Morgan fingerprint density at radius 3 is 2.82 bits per heavy atom. The molecule has 1 rings (SSSR count). The van der Waals surface area contributed by atoms with Crippen LogP contribution in [0.2, 0.25) is 0 Å². The average Bonchev–Trinajstić information content (AvgIpc) is 2.76. The molecule has 0 amide bonds. The Hall–Kier alpha value is -0.450. The van der Waals surface area contributed by atoms with Gasteiger partial charge in [-0.15, -0.1) is 0 Å². The van der Waals surface area contributed by atoms with Crippen LogP contribution >= 0.6 is 11.8 Å². The van der Waals surface area contributed by atoms with Crippen LogP contribution in [0.25, 0.3) is 0 Å². The van der Waals surface area contributed by atoms with Crippen LogP contribution < -0.4 is 5.32 Å². The molecule has 2 N–H and O–H groups in total. The predicted octanol–water partition coefficient (Wildman–Crippen LogP) is 2.65. The molecule has 0 aliphatic carbocycles. The standard InChI is InChI=1S/C13H23NO2S/c1-11(2)14-13(3,10-15)6-8-17-9-12-5-4-7-16-12/h4-5,7,11,14-15H,6,8-10H2,1-3H3. The third-order valence-electron chi connectivity index (χ3n) is 2.61. The van der Waals surface area contributed by atoms with Gasteiger partial charge in [-0.1, -0.05) is 13.8 Å². The second-order valence-corrected chi connectivity index (χ2v) is 6.00. The molecule has 0 bridgehead atoms. The zero-order chi connectivity index (χ0) is 12.7. The fourth-order valence-electron chi connectivity index (χ4n) is 1.76. The van der Waals surface area contributed by atoms with Gasteiger partial charge in [-0.25, -0.2) is 0 Å². The molecule has 1 aromatic heterocycles. The van der Waals surface area contributed by atoms with Gasteiger partial charge in [0.25, 0.3) is 0 Å². The third-order valence-corrected chi connectivity index (χ3v) is 3.59. The summed E-state index contributed by atoms with van der Waals surface area (Å²) in [7, 11) is 0. The van der Waals surface area contributed by atoms with Gasteiger partial charge in [0.2, 0.25) is 0 Å². The van der Waals surface area contributed by atoms with Crippen molar-refractivity contribution in [3.63, 3.8) is 0 Å². The molecule has 0 saturated carbocycles. The Labute approximate surface area is 108 Å². The monoisotopic (exact) mass is 257 g/mol. The average molecular weight is 257 g/mol. The normalized spacial score (nSPS) is 15.1. The van der Waals surface area contributed by atoms with Crippen LogP contribution in [0.4, 0.5) is 0 Å². The Bertz CT molecular complexity index is 300. The number of thioether (sulfide) groups is 1. The Morgan fingerprint density at radius 2 is 2.29 bits per heavy atom. The van der Waals surface area contributed by atoms with Crippen molar-refractivity contribution in [1.29, 1.82) is 0 Å². The number of hydrogen-bond acceptors (Lipinski definition) is 4. The van der Waals surface area contributed by atoms with Gasteiger partial charge in [0.05, 0.1) is 18.6 Å². The molecule has 1 aromatic rings. The Morgan fingerprint density at radius 1 is 1.53 bits per heavy atom. The molecule has 98 valence electrons. The lowest BCUT2D eigenvalue weighted by Gasteiger charge is -2.31. The van der Waals surface area contributed by atoms with E-state index in [1.807, 2.05) is 23.9 Å². The van der Waals surface area contributed by atoms with E-state index in [0.29, 0.717) is 6.04 Å². The number of aliphatic hydroxyl groups excluding tert-OH is 1. The minimum absolute atomic E-state index is 0.173. The van der Waals surface area contributed by atoms with Gasteiger partial charge in [-0.05, 0) is 31.2 Å². The first-order chi connectivity index (χ1) is 8.06. The molecule has 1 heterocycles. The smallest absolute Gasteiger partial charge is 0.113 e. The van der Waals surface area contributed by atoms with E-state index >= 15 is 0 Å². The van der Waals surface area contributed by atoms with E-state index in [0.717, 1.165) is 23.7 Å². The quantitative estimate of drug-likeness (QED) is 0.703. The van der Waals surface area contributed by atoms with Crippen molar-refractivity contribution in [2.75, 3.05) is 12.4 Å². The van der Waals surface area contributed by atoms with Crippen molar-refractivity contribution < 1.29 is 9.52 Å². The lowest BCUT2D eigenvalue weighted by atomic mass is 9.99. The molecule has 1 atom stereocenters. The number of aliphatic hydroxyl groups is 1. The molecule has 0 fully saturated rings. The fourth-order valence-corrected chi connectivity index (χ4v) is 2.86.